The van der Waals surface area contributed by atoms with Crippen molar-refractivity contribution in [1.82, 2.24) is 4.90 Å². The van der Waals surface area contributed by atoms with Gasteiger partial charge < -0.3 is 14.1 Å². The fraction of sp³-hybridized carbons (Fsp3) is 0.500. The third-order valence-corrected chi connectivity index (χ3v) is 2.72. The minimum absolute atomic E-state index is 0.173. The summed E-state index contributed by atoms with van der Waals surface area (Å²) in [4.78, 5) is 13.7. The van der Waals surface area contributed by atoms with Crippen LogP contribution >= 0.6 is 0 Å². The van der Waals surface area contributed by atoms with Crippen LogP contribution in [0.5, 0.6) is 0 Å². The Hall–Kier alpha value is -1.80. The molecule has 0 spiro atoms. The molecule has 1 aromatic heterocycles. The minimum Gasteiger partial charge on any atom is -0.456 e. The minimum atomic E-state index is -0.534. The Morgan fingerprint density at radius 3 is 3.12 bits per heavy atom. The van der Waals surface area contributed by atoms with Gasteiger partial charge >= 0.3 is 0 Å². The van der Waals surface area contributed by atoms with E-state index < -0.39 is 6.10 Å². The summed E-state index contributed by atoms with van der Waals surface area (Å²) in [7, 11) is 0. The van der Waals surface area contributed by atoms with Crippen LogP contribution in [0.2, 0.25) is 0 Å². The van der Waals surface area contributed by atoms with Gasteiger partial charge in [0.05, 0.1) is 19.2 Å². The van der Waals surface area contributed by atoms with Crippen molar-refractivity contribution in [3.05, 3.63) is 23.7 Å². The largest absolute Gasteiger partial charge is 0.456 e. The molecule has 17 heavy (non-hydrogen) atoms. The molecule has 90 valence electrons. The zero-order valence-electron chi connectivity index (χ0n) is 9.68. The molecule has 0 aliphatic carbocycles. The summed E-state index contributed by atoms with van der Waals surface area (Å²) >= 11 is 0. The average molecular weight is 234 g/mol. The highest BCUT2D eigenvalue weighted by Gasteiger charge is 2.26. The SMILES string of the molecule is CCc1ccc(C(=O)N2CCOC(C#N)C2)o1. The van der Waals surface area contributed by atoms with Gasteiger partial charge in [0.15, 0.2) is 11.9 Å². The summed E-state index contributed by atoms with van der Waals surface area (Å²) in [5.74, 6) is 0.951. The number of hydrogen-bond donors (Lipinski definition) is 0. The van der Waals surface area contributed by atoms with E-state index >= 15 is 0 Å². The van der Waals surface area contributed by atoms with Gasteiger partial charge in [0.2, 0.25) is 0 Å². The maximum atomic E-state index is 12.1. The molecular formula is C12H14N2O3. The molecule has 2 heterocycles. The third-order valence-electron chi connectivity index (χ3n) is 2.72. The molecule has 5 heteroatoms. The zero-order chi connectivity index (χ0) is 12.3. The molecule has 1 amide bonds. The van der Waals surface area contributed by atoms with E-state index in [2.05, 4.69) is 0 Å². The number of rotatable bonds is 2. The second-order valence-electron chi connectivity index (χ2n) is 3.86. The lowest BCUT2D eigenvalue weighted by molar-refractivity contribution is 0.00206. The van der Waals surface area contributed by atoms with Crippen molar-refractivity contribution in [2.24, 2.45) is 0 Å². The number of aryl methyl sites for hydroxylation is 1. The standard InChI is InChI=1S/C12H14N2O3/c1-2-9-3-4-11(17-9)12(15)14-5-6-16-10(7-13)8-14/h3-4,10H,2,5-6,8H2,1H3. The van der Waals surface area contributed by atoms with Crippen molar-refractivity contribution >= 4 is 5.91 Å². The van der Waals surface area contributed by atoms with Crippen LogP contribution in [0.1, 0.15) is 23.2 Å². The number of carbonyl (C=O) groups excluding carboxylic acids is 1. The van der Waals surface area contributed by atoms with Crippen LogP contribution in [0.3, 0.4) is 0 Å². The molecule has 1 aromatic rings. The number of ether oxygens (including phenoxy) is 1. The van der Waals surface area contributed by atoms with Gasteiger partial charge in [-0.1, -0.05) is 6.92 Å². The van der Waals surface area contributed by atoms with E-state index in [0.717, 1.165) is 12.2 Å². The van der Waals surface area contributed by atoms with E-state index in [0.29, 0.717) is 25.5 Å². The van der Waals surface area contributed by atoms with Crippen LogP contribution in [-0.4, -0.2) is 36.6 Å². The van der Waals surface area contributed by atoms with Crippen LogP contribution in [0.25, 0.3) is 0 Å². The lowest BCUT2D eigenvalue weighted by Gasteiger charge is -2.28. The van der Waals surface area contributed by atoms with Crippen molar-refractivity contribution in [3.8, 4) is 6.07 Å². The smallest absolute Gasteiger partial charge is 0.289 e. The number of nitriles is 1. The number of morpholine rings is 1. The van der Waals surface area contributed by atoms with Gasteiger partial charge in [0.1, 0.15) is 5.76 Å². The van der Waals surface area contributed by atoms with E-state index in [9.17, 15) is 4.79 Å². The fourth-order valence-electron chi connectivity index (χ4n) is 1.75. The normalized spacial score (nSPS) is 20.0. The Kier molecular flexibility index (Phi) is 3.45. The molecule has 5 nitrogen and oxygen atoms in total. The van der Waals surface area contributed by atoms with Crippen LogP contribution in [0.15, 0.2) is 16.5 Å². The lowest BCUT2D eigenvalue weighted by Crippen LogP contribution is -2.45. The first-order valence-electron chi connectivity index (χ1n) is 5.63. The van der Waals surface area contributed by atoms with E-state index in [1.54, 1.807) is 17.0 Å². The fourth-order valence-corrected chi connectivity index (χ4v) is 1.75. The molecule has 1 aliphatic heterocycles. The van der Waals surface area contributed by atoms with Crippen LogP contribution in [0, 0.1) is 11.3 Å². The van der Waals surface area contributed by atoms with Crippen molar-refractivity contribution in [3.63, 3.8) is 0 Å². The molecule has 0 radical (unpaired) electrons. The predicted molar refractivity (Wildman–Crippen MR) is 59.3 cm³/mol. The molecule has 1 aliphatic rings. The highest BCUT2D eigenvalue weighted by Crippen LogP contribution is 2.13. The number of amides is 1. The Labute approximate surface area is 99.6 Å². The van der Waals surface area contributed by atoms with Gasteiger partial charge in [-0.15, -0.1) is 0 Å². The van der Waals surface area contributed by atoms with Gasteiger partial charge in [-0.25, -0.2) is 0 Å². The zero-order valence-corrected chi connectivity index (χ0v) is 9.68. The molecule has 1 fully saturated rings. The Balaban J connectivity index is 2.07. The number of nitrogens with zero attached hydrogens (tertiary/aromatic N) is 2. The van der Waals surface area contributed by atoms with E-state index in [1.807, 2.05) is 13.0 Å². The molecular weight excluding hydrogens is 220 g/mol. The number of hydrogen-bond acceptors (Lipinski definition) is 4. The monoisotopic (exact) mass is 234 g/mol. The molecule has 1 unspecified atom stereocenters. The highest BCUT2D eigenvalue weighted by atomic mass is 16.5. The maximum Gasteiger partial charge on any atom is 0.289 e. The quantitative estimate of drug-likeness (QED) is 0.771. The van der Waals surface area contributed by atoms with Crippen molar-refractivity contribution in [1.29, 1.82) is 5.26 Å². The molecule has 0 N–H and O–H groups in total. The first kappa shape index (κ1) is 11.7. The number of carbonyl (C=O) groups is 1. The first-order valence-corrected chi connectivity index (χ1v) is 5.63. The lowest BCUT2D eigenvalue weighted by atomic mass is 10.2. The summed E-state index contributed by atoms with van der Waals surface area (Å²) in [6.45, 7) is 3.16. The molecule has 1 atom stereocenters. The first-order chi connectivity index (χ1) is 8.24. The van der Waals surface area contributed by atoms with Gasteiger partial charge in [0, 0.05) is 13.0 Å². The summed E-state index contributed by atoms with van der Waals surface area (Å²) in [6.07, 6.45) is 0.227. The van der Waals surface area contributed by atoms with Gasteiger partial charge in [-0.3, -0.25) is 4.79 Å². The van der Waals surface area contributed by atoms with E-state index in [1.165, 1.54) is 0 Å². The molecule has 0 saturated carbocycles. The highest BCUT2D eigenvalue weighted by molar-refractivity contribution is 5.91. The molecule has 0 bridgehead atoms. The van der Waals surface area contributed by atoms with Gasteiger partial charge in [0.25, 0.3) is 5.91 Å². The van der Waals surface area contributed by atoms with Crippen LogP contribution in [-0.2, 0) is 11.2 Å². The Bertz CT molecular complexity index is 447. The third kappa shape index (κ3) is 2.48. The van der Waals surface area contributed by atoms with Crippen LogP contribution in [0.4, 0.5) is 0 Å². The maximum absolute atomic E-state index is 12.1. The second-order valence-corrected chi connectivity index (χ2v) is 3.86. The average Bonchev–Trinajstić information content (AvgIpc) is 2.86. The summed E-state index contributed by atoms with van der Waals surface area (Å²) < 4.78 is 10.6. The second kappa shape index (κ2) is 5.02. The molecule has 2 rings (SSSR count). The van der Waals surface area contributed by atoms with E-state index in [4.69, 9.17) is 14.4 Å². The predicted octanol–water partition coefficient (Wildman–Crippen LogP) is 1.21. The Morgan fingerprint density at radius 1 is 1.65 bits per heavy atom. The Morgan fingerprint density at radius 2 is 2.47 bits per heavy atom. The van der Waals surface area contributed by atoms with Gasteiger partial charge in [-0.2, -0.15) is 5.26 Å². The van der Waals surface area contributed by atoms with Crippen molar-refractivity contribution in [2.75, 3.05) is 19.7 Å². The summed E-state index contributed by atoms with van der Waals surface area (Å²) in [5.41, 5.74) is 0. The van der Waals surface area contributed by atoms with Gasteiger partial charge in [-0.05, 0) is 12.1 Å². The van der Waals surface area contributed by atoms with Crippen molar-refractivity contribution in [2.45, 2.75) is 19.4 Å². The van der Waals surface area contributed by atoms with Crippen LogP contribution < -0.4 is 0 Å². The molecule has 0 aromatic carbocycles. The summed E-state index contributed by atoms with van der Waals surface area (Å²) in [5, 5.41) is 8.77. The topological polar surface area (TPSA) is 66.5 Å². The summed E-state index contributed by atoms with van der Waals surface area (Å²) in [6, 6.07) is 5.49. The number of furan rings is 1. The molecule has 1 saturated heterocycles. The van der Waals surface area contributed by atoms with E-state index in [-0.39, 0.29) is 5.91 Å². The van der Waals surface area contributed by atoms with Crippen molar-refractivity contribution < 1.29 is 13.9 Å².